The molecule has 0 spiro atoms. The summed E-state index contributed by atoms with van der Waals surface area (Å²) in [5.74, 6) is 0.0944. The molecule has 2 aromatic rings. The van der Waals surface area contributed by atoms with Crippen molar-refractivity contribution in [3.8, 4) is 0 Å². The summed E-state index contributed by atoms with van der Waals surface area (Å²) in [6.07, 6.45) is 3.49. The minimum Gasteiger partial charge on any atom is -0.459 e. The molecule has 0 radical (unpaired) electrons. The molecule has 1 heterocycles. The Labute approximate surface area is 185 Å². The topological polar surface area (TPSA) is 67.8 Å². The van der Waals surface area contributed by atoms with E-state index in [1.165, 1.54) is 3.57 Å². The molecule has 1 amide bonds. The molecule has 2 N–H and O–H groups in total. The fourth-order valence-electron chi connectivity index (χ4n) is 3.15. The summed E-state index contributed by atoms with van der Waals surface area (Å²) in [4.78, 5) is 12.7. The van der Waals surface area contributed by atoms with E-state index in [1.54, 1.807) is 0 Å². The lowest BCUT2D eigenvalue weighted by Gasteiger charge is -2.29. The molecule has 0 bridgehead atoms. The number of amides is 1. The summed E-state index contributed by atoms with van der Waals surface area (Å²) in [6, 6.07) is 18.1. The summed E-state index contributed by atoms with van der Waals surface area (Å²) in [5.41, 5.74) is 2.16. The third-order valence-electron chi connectivity index (χ3n) is 4.73. The predicted molar refractivity (Wildman–Crippen MR) is 120 cm³/mol. The van der Waals surface area contributed by atoms with Crippen LogP contribution in [0.25, 0.3) is 0 Å². The van der Waals surface area contributed by atoms with Crippen molar-refractivity contribution in [3.05, 3.63) is 81.1 Å². The van der Waals surface area contributed by atoms with Crippen molar-refractivity contribution in [3.63, 3.8) is 0 Å². The number of aliphatic hydroxyl groups excluding tert-OH is 1. The second kappa shape index (κ2) is 11.3. The van der Waals surface area contributed by atoms with Crippen molar-refractivity contribution in [2.75, 3.05) is 13.2 Å². The van der Waals surface area contributed by atoms with Crippen LogP contribution in [0.5, 0.6) is 0 Å². The zero-order valence-electron chi connectivity index (χ0n) is 16.2. The van der Waals surface area contributed by atoms with Gasteiger partial charge in [-0.05, 0) is 64.8 Å². The number of benzene rings is 2. The van der Waals surface area contributed by atoms with Crippen molar-refractivity contribution in [1.82, 2.24) is 5.32 Å². The van der Waals surface area contributed by atoms with Gasteiger partial charge in [0.1, 0.15) is 0 Å². The van der Waals surface area contributed by atoms with Crippen LogP contribution in [-0.4, -0.2) is 30.5 Å². The van der Waals surface area contributed by atoms with Crippen LogP contribution in [0.15, 0.2) is 66.4 Å². The van der Waals surface area contributed by atoms with Gasteiger partial charge >= 0.3 is 0 Å². The van der Waals surface area contributed by atoms with Crippen molar-refractivity contribution in [2.24, 2.45) is 0 Å². The number of carbonyl (C=O) groups is 1. The largest absolute Gasteiger partial charge is 0.459 e. The maximum absolute atomic E-state index is 12.7. The Bertz CT molecular complexity index is 807. The van der Waals surface area contributed by atoms with E-state index in [2.05, 4.69) is 52.2 Å². The van der Waals surface area contributed by atoms with Crippen LogP contribution in [0, 0.1) is 3.57 Å². The summed E-state index contributed by atoms with van der Waals surface area (Å²) < 4.78 is 12.9. The van der Waals surface area contributed by atoms with Gasteiger partial charge in [-0.25, -0.2) is 0 Å². The Morgan fingerprint density at radius 1 is 1.14 bits per heavy atom. The first-order valence-corrected chi connectivity index (χ1v) is 10.9. The molecular formula is C23H26INO4. The summed E-state index contributed by atoms with van der Waals surface area (Å²) in [5, 5.41) is 11.9. The van der Waals surface area contributed by atoms with Gasteiger partial charge in [-0.1, -0.05) is 42.5 Å². The van der Waals surface area contributed by atoms with E-state index in [4.69, 9.17) is 14.6 Å². The summed E-state index contributed by atoms with van der Waals surface area (Å²) in [7, 11) is 0. The minimum atomic E-state index is -0.486. The SMILES string of the molecule is O=C(NCc1ccccc1)C1=C[C@@H](c2ccc(I)cc2)C[C@@H](OCCCCO)O1. The lowest BCUT2D eigenvalue weighted by molar-refractivity contribution is -0.146. The van der Waals surface area contributed by atoms with Crippen molar-refractivity contribution in [2.45, 2.75) is 38.0 Å². The van der Waals surface area contributed by atoms with Crippen molar-refractivity contribution >= 4 is 28.5 Å². The third kappa shape index (κ3) is 6.83. The molecule has 5 nitrogen and oxygen atoms in total. The number of allylic oxidation sites excluding steroid dienone is 1. The van der Waals surface area contributed by atoms with Crippen molar-refractivity contribution < 1.29 is 19.4 Å². The van der Waals surface area contributed by atoms with Crippen LogP contribution in [-0.2, 0) is 20.8 Å². The zero-order chi connectivity index (χ0) is 20.5. The molecular weight excluding hydrogens is 481 g/mol. The molecule has 0 saturated carbocycles. The van der Waals surface area contributed by atoms with Gasteiger partial charge < -0.3 is 19.9 Å². The second-order valence-electron chi connectivity index (χ2n) is 6.94. The third-order valence-corrected chi connectivity index (χ3v) is 5.45. The van der Waals surface area contributed by atoms with Gasteiger partial charge in [-0.15, -0.1) is 0 Å². The number of hydrogen-bond donors (Lipinski definition) is 2. The minimum absolute atomic E-state index is 0.0427. The maximum Gasteiger partial charge on any atom is 0.286 e. The molecule has 2 aromatic carbocycles. The van der Waals surface area contributed by atoms with Crippen LogP contribution in [0.3, 0.4) is 0 Å². The molecule has 3 rings (SSSR count). The lowest BCUT2D eigenvalue weighted by Crippen LogP contribution is -2.32. The van der Waals surface area contributed by atoms with Gasteiger partial charge in [-0.3, -0.25) is 4.79 Å². The molecule has 6 heteroatoms. The van der Waals surface area contributed by atoms with Gasteiger partial charge in [0.25, 0.3) is 5.91 Å². The maximum atomic E-state index is 12.7. The molecule has 0 saturated heterocycles. The Balaban J connectivity index is 1.69. The number of carbonyl (C=O) groups excluding carboxylic acids is 1. The predicted octanol–water partition coefficient (Wildman–Crippen LogP) is 4.11. The number of ether oxygens (including phenoxy) is 2. The highest BCUT2D eigenvalue weighted by Gasteiger charge is 2.28. The molecule has 0 unspecified atom stereocenters. The van der Waals surface area contributed by atoms with E-state index in [0.717, 1.165) is 17.5 Å². The molecule has 29 heavy (non-hydrogen) atoms. The van der Waals surface area contributed by atoms with Gasteiger partial charge in [0.15, 0.2) is 5.76 Å². The second-order valence-corrected chi connectivity index (χ2v) is 8.19. The Morgan fingerprint density at radius 3 is 2.62 bits per heavy atom. The van der Waals surface area contributed by atoms with E-state index in [-0.39, 0.29) is 18.4 Å². The Morgan fingerprint density at radius 2 is 1.90 bits per heavy atom. The van der Waals surface area contributed by atoms with E-state index in [9.17, 15) is 4.79 Å². The first-order chi connectivity index (χ1) is 14.2. The van der Waals surface area contributed by atoms with Crippen LogP contribution in [0.4, 0.5) is 0 Å². The van der Waals surface area contributed by atoms with Crippen LogP contribution in [0.1, 0.15) is 36.3 Å². The molecule has 0 aliphatic carbocycles. The highest BCUT2D eigenvalue weighted by atomic mass is 127. The van der Waals surface area contributed by atoms with E-state index in [0.29, 0.717) is 31.8 Å². The van der Waals surface area contributed by atoms with E-state index in [1.807, 2.05) is 36.4 Å². The highest BCUT2D eigenvalue weighted by Crippen LogP contribution is 2.32. The smallest absolute Gasteiger partial charge is 0.286 e. The molecule has 0 fully saturated rings. The summed E-state index contributed by atoms with van der Waals surface area (Å²) in [6.45, 7) is 1.08. The molecule has 1 aliphatic rings. The number of halogens is 1. The number of nitrogens with one attached hydrogen (secondary N) is 1. The Hall–Kier alpha value is -1.90. The normalized spacial score (nSPS) is 18.6. The Kier molecular flexibility index (Phi) is 8.52. The van der Waals surface area contributed by atoms with Crippen LogP contribution < -0.4 is 5.32 Å². The highest BCUT2D eigenvalue weighted by molar-refractivity contribution is 14.1. The van der Waals surface area contributed by atoms with Gasteiger partial charge in [0.05, 0.1) is 6.61 Å². The fraction of sp³-hybridized carbons (Fsp3) is 0.348. The number of rotatable bonds is 9. The monoisotopic (exact) mass is 507 g/mol. The fourth-order valence-corrected chi connectivity index (χ4v) is 3.51. The van der Waals surface area contributed by atoms with Crippen LogP contribution in [0.2, 0.25) is 0 Å². The average Bonchev–Trinajstić information content (AvgIpc) is 2.76. The number of hydrogen-bond acceptors (Lipinski definition) is 4. The van der Waals surface area contributed by atoms with E-state index >= 15 is 0 Å². The summed E-state index contributed by atoms with van der Waals surface area (Å²) >= 11 is 2.28. The zero-order valence-corrected chi connectivity index (χ0v) is 18.4. The lowest BCUT2D eigenvalue weighted by atomic mass is 9.93. The standard InChI is InChI=1S/C23H26INO4/c24-20-10-8-18(9-11-20)19-14-21(29-22(15-19)28-13-5-4-12-26)23(27)25-16-17-6-2-1-3-7-17/h1-3,6-11,14,19,22,26H,4-5,12-13,15-16H2,(H,25,27)/t19-,22+/m1/s1. The van der Waals surface area contributed by atoms with Crippen molar-refractivity contribution in [1.29, 1.82) is 0 Å². The molecule has 2 atom stereocenters. The van der Waals surface area contributed by atoms with Gasteiger partial charge in [0, 0.05) is 29.1 Å². The average molecular weight is 507 g/mol. The van der Waals surface area contributed by atoms with Gasteiger partial charge in [0.2, 0.25) is 6.29 Å². The van der Waals surface area contributed by atoms with Gasteiger partial charge in [-0.2, -0.15) is 0 Å². The van der Waals surface area contributed by atoms with Crippen LogP contribution >= 0.6 is 22.6 Å². The van der Waals surface area contributed by atoms with E-state index < -0.39 is 6.29 Å². The quantitative estimate of drug-likeness (QED) is 0.396. The molecule has 0 aromatic heterocycles. The molecule has 1 aliphatic heterocycles. The molecule has 154 valence electrons. The number of unbranched alkanes of at least 4 members (excludes halogenated alkanes) is 1. The first kappa shape index (κ1) is 21.8. The number of aliphatic hydroxyl groups is 1. The first-order valence-electron chi connectivity index (χ1n) is 9.84.